The number of halogens is 1. The molecular weight excluding hydrogens is 432 g/mol. The molecule has 0 amide bonds. The molecule has 0 spiro atoms. The molecule has 9 heteroatoms. The molecule has 2 N–H and O–H groups in total. The molecule has 0 aliphatic rings. The van der Waals surface area contributed by atoms with E-state index in [1.165, 1.54) is 42.9 Å². The second kappa shape index (κ2) is 7.22. The summed E-state index contributed by atoms with van der Waals surface area (Å²) in [5.41, 5.74) is 1.16. The first-order valence-electron chi connectivity index (χ1n) is 8.46. The number of sulfone groups is 2. The number of nitrogens with one attached hydrogen (secondary N) is 2. The van der Waals surface area contributed by atoms with Gasteiger partial charge in [0.05, 0.1) is 9.79 Å². The Morgan fingerprint density at radius 2 is 1.17 bits per heavy atom. The largest absolute Gasteiger partial charge is 0.366 e. The highest BCUT2D eigenvalue weighted by Gasteiger charge is 2.32. The molecule has 4 aromatic rings. The highest BCUT2D eigenvalue weighted by Crippen LogP contribution is 2.35. The molecule has 29 heavy (non-hydrogen) atoms. The van der Waals surface area contributed by atoms with Crippen LogP contribution >= 0.6 is 11.6 Å². The summed E-state index contributed by atoms with van der Waals surface area (Å²) >= 11 is 5.83. The van der Waals surface area contributed by atoms with Crippen LogP contribution in [0, 0.1) is 0 Å². The fourth-order valence-electron chi connectivity index (χ4n) is 3.03. The van der Waals surface area contributed by atoms with Crippen LogP contribution in [0.25, 0.3) is 11.1 Å². The smallest absolute Gasteiger partial charge is 0.211 e. The van der Waals surface area contributed by atoms with E-state index in [2.05, 4.69) is 9.97 Å². The van der Waals surface area contributed by atoms with E-state index in [9.17, 15) is 16.8 Å². The molecule has 6 nitrogen and oxygen atoms in total. The van der Waals surface area contributed by atoms with Crippen LogP contribution in [-0.4, -0.2) is 26.8 Å². The van der Waals surface area contributed by atoms with E-state index in [0.717, 1.165) is 0 Å². The second-order valence-electron chi connectivity index (χ2n) is 6.24. The minimum atomic E-state index is -4.13. The zero-order valence-corrected chi connectivity index (χ0v) is 17.2. The minimum Gasteiger partial charge on any atom is -0.366 e. The molecule has 0 atom stereocenters. The summed E-state index contributed by atoms with van der Waals surface area (Å²) in [6.07, 6.45) is 5.27. The maximum Gasteiger partial charge on any atom is 0.211 e. The monoisotopic (exact) mass is 446 g/mol. The van der Waals surface area contributed by atoms with E-state index in [4.69, 9.17) is 11.6 Å². The molecule has 2 aromatic heterocycles. The number of aromatic amines is 2. The molecule has 0 aliphatic carbocycles. The topological polar surface area (TPSA) is 99.9 Å². The van der Waals surface area contributed by atoms with Crippen molar-refractivity contribution in [1.82, 2.24) is 9.97 Å². The Balaban J connectivity index is 1.86. The van der Waals surface area contributed by atoms with Crippen LogP contribution in [0.4, 0.5) is 0 Å². The van der Waals surface area contributed by atoms with Gasteiger partial charge < -0.3 is 9.97 Å². The molecule has 0 saturated carbocycles. The lowest BCUT2D eigenvalue weighted by atomic mass is 10.1. The standard InChI is InChI=1S/C20H15ClN2O4S2/c21-15-6-8-16(9-7-15)28(24,25)19-12-23-13-20(19)29(26,27)18-11-22-10-17(18)14-4-2-1-3-5-14/h1-13,22-23H. The van der Waals surface area contributed by atoms with Crippen LogP contribution in [0.15, 0.2) is 99.0 Å². The molecule has 4 rings (SSSR count). The highest BCUT2D eigenvalue weighted by atomic mass is 35.5. The summed E-state index contributed by atoms with van der Waals surface area (Å²) in [5, 5.41) is 0.380. The Hall–Kier alpha value is -2.81. The van der Waals surface area contributed by atoms with Crippen molar-refractivity contribution < 1.29 is 16.8 Å². The van der Waals surface area contributed by atoms with Crippen LogP contribution in [0.2, 0.25) is 5.02 Å². The van der Waals surface area contributed by atoms with Crippen LogP contribution < -0.4 is 0 Å². The zero-order valence-electron chi connectivity index (χ0n) is 14.8. The normalized spacial score (nSPS) is 12.2. The molecule has 0 fully saturated rings. The van der Waals surface area contributed by atoms with Gasteiger partial charge in [-0.05, 0) is 29.8 Å². The van der Waals surface area contributed by atoms with Crippen molar-refractivity contribution in [2.75, 3.05) is 0 Å². The van der Waals surface area contributed by atoms with Crippen molar-refractivity contribution in [2.24, 2.45) is 0 Å². The first-order valence-corrected chi connectivity index (χ1v) is 11.8. The summed E-state index contributed by atoms with van der Waals surface area (Å²) in [7, 11) is -8.20. The van der Waals surface area contributed by atoms with Crippen molar-refractivity contribution in [2.45, 2.75) is 19.6 Å². The van der Waals surface area contributed by atoms with Crippen molar-refractivity contribution in [1.29, 1.82) is 0 Å². The highest BCUT2D eigenvalue weighted by molar-refractivity contribution is 7.94. The Morgan fingerprint density at radius 1 is 0.621 bits per heavy atom. The molecular formula is C20H15ClN2O4S2. The van der Waals surface area contributed by atoms with Crippen molar-refractivity contribution in [3.63, 3.8) is 0 Å². The van der Waals surface area contributed by atoms with E-state index in [0.29, 0.717) is 16.1 Å². The van der Waals surface area contributed by atoms with Gasteiger partial charge in [-0.2, -0.15) is 0 Å². The average molecular weight is 447 g/mol. The van der Waals surface area contributed by atoms with Gasteiger partial charge in [-0.1, -0.05) is 41.9 Å². The Bertz CT molecular complexity index is 1370. The van der Waals surface area contributed by atoms with Crippen LogP contribution in [0.1, 0.15) is 0 Å². The van der Waals surface area contributed by atoms with Crippen LogP contribution in [-0.2, 0) is 19.7 Å². The lowest BCUT2D eigenvalue weighted by molar-refractivity contribution is 0.584. The van der Waals surface area contributed by atoms with Crippen molar-refractivity contribution in [3.8, 4) is 11.1 Å². The molecule has 2 aromatic carbocycles. The third-order valence-electron chi connectivity index (χ3n) is 4.46. The van der Waals surface area contributed by atoms with Gasteiger partial charge in [-0.3, -0.25) is 0 Å². The van der Waals surface area contributed by atoms with Gasteiger partial charge in [0.2, 0.25) is 19.7 Å². The minimum absolute atomic E-state index is 0.00384. The van der Waals surface area contributed by atoms with Gasteiger partial charge in [0, 0.05) is 35.4 Å². The summed E-state index contributed by atoms with van der Waals surface area (Å²) in [6, 6.07) is 14.5. The van der Waals surface area contributed by atoms with E-state index in [-0.39, 0.29) is 19.6 Å². The summed E-state index contributed by atoms with van der Waals surface area (Å²) in [5.74, 6) is 0. The Labute approximate surface area is 173 Å². The number of aromatic nitrogens is 2. The van der Waals surface area contributed by atoms with Gasteiger partial charge >= 0.3 is 0 Å². The third-order valence-corrected chi connectivity index (χ3v) is 8.48. The molecule has 0 saturated heterocycles. The Morgan fingerprint density at radius 3 is 1.83 bits per heavy atom. The van der Waals surface area contributed by atoms with Gasteiger partial charge in [0.1, 0.15) is 9.79 Å². The van der Waals surface area contributed by atoms with E-state index >= 15 is 0 Å². The molecule has 0 radical (unpaired) electrons. The molecule has 148 valence electrons. The zero-order chi connectivity index (χ0) is 20.6. The molecule has 0 aliphatic heterocycles. The third kappa shape index (κ3) is 3.39. The van der Waals surface area contributed by atoms with Gasteiger partial charge in [0.15, 0.2) is 0 Å². The molecule has 0 unspecified atom stereocenters. The van der Waals surface area contributed by atoms with Crippen LogP contribution in [0.3, 0.4) is 0 Å². The van der Waals surface area contributed by atoms with Crippen molar-refractivity contribution in [3.05, 3.63) is 84.4 Å². The fraction of sp³-hybridized carbons (Fsp3) is 0. The van der Waals surface area contributed by atoms with E-state index < -0.39 is 19.7 Å². The first kappa shape index (κ1) is 19.5. The van der Waals surface area contributed by atoms with E-state index in [1.807, 2.05) is 6.07 Å². The molecule has 0 bridgehead atoms. The number of hydrogen-bond acceptors (Lipinski definition) is 4. The van der Waals surface area contributed by atoms with Gasteiger partial charge in [-0.25, -0.2) is 16.8 Å². The SMILES string of the molecule is O=S(=O)(c1ccc(Cl)cc1)c1c[nH]cc1S(=O)(=O)c1c[nH]cc1-c1ccccc1. The maximum atomic E-state index is 13.4. The number of hydrogen-bond donors (Lipinski definition) is 2. The summed E-state index contributed by atoms with van der Waals surface area (Å²) < 4.78 is 52.9. The predicted molar refractivity (Wildman–Crippen MR) is 109 cm³/mol. The molecule has 2 heterocycles. The van der Waals surface area contributed by atoms with Crippen molar-refractivity contribution >= 4 is 31.3 Å². The summed E-state index contributed by atoms with van der Waals surface area (Å²) in [6.45, 7) is 0. The van der Waals surface area contributed by atoms with E-state index in [1.54, 1.807) is 30.5 Å². The number of rotatable bonds is 5. The lowest BCUT2D eigenvalue weighted by Gasteiger charge is -2.09. The lowest BCUT2D eigenvalue weighted by Crippen LogP contribution is -2.09. The summed E-state index contributed by atoms with van der Waals surface area (Å²) in [4.78, 5) is 4.74. The van der Waals surface area contributed by atoms with Gasteiger partial charge in [-0.15, -0.1) is 0 Å². The number of benzene rings is 2. The average Bonchev–Trinajstić information content (AvgIpc) is 3.40. The maximum absolute atomic E-state index is 13.4. The Kier molecular flexibility index (Phi) is 4.85. The van der Waals surface area contributed by atoms with Crippen LogP contribution in [0.5, 0.6) is 0 Å². The van der Waals surface area contributed by atoms with Gasteiger partial charge in [0.25, 0.3) is 0 Å². The predicted octanol–water partition coefficient (Wildman–Crippen LogP) is 4.33. The second-order valence-corrected chi connectivity index (χ2v) is 10.5. The number of H-pyrrole nitrogens is 2. The quantitative estimate of drug-likeness (QED) is 0.476. The first-order chi connectivity index (χ1) is 13.8. The fourth-order valence-corrected chi connectivity index (χ4v) is 6.58.